The molecule has 2 aromatic heterocycles. The minimum Gasteiger partial charge on any atom is -0.467 e. The van der Waals surface area contributed by atoms with E-state index in [1.807, 2.05) is 13.0 Å². The Balaban J connectivity index is 2.10. The smallest absolute Gasteiger partial charge is 0.270 e. The SMILES string of the molecule is CCN(Cc1ccco1)C(=O)c1cc(N)c[nH]1. The van der Waals surface area contributed by atoms with Crippen molar-refractivity contribution in [3.8, 4) is 0 Å². The van der Waals surface area contributed by atoms with Crippen LogP contribution >= 0.6 is 0 Å². The summed E-state index contributed by atoms with van der Waals surface area (Å²) >= 11 is 0. The van der Waals surface area contributed by atoms with E-state index in [4.69, 9.17) is 10.2 Å². The van der Waals surface area contributed by atoms with E-state index in [9.17, 15) is 4.79 Å². The second-order valence-corrected chi connectivity index (χ2v) is 3.75. The van der Waals surface area contributed by atoms with Crippen LogP contribution in [0.2, 0.25) is 0 Å². The number of carbonyl (C=O) groups is 1. The van der Waals surface area contributed by atoms with Crippen molar-refractivity contribution in [2.24, 2.45) is 0 Å². The predicted octanol–water partition coefficient (Wildman–Crippen LogP) is 1.85. The minimum atomic E-state index is -0.0828. The molecule has 0 fully saturated rings. The van der Waals surface area contributed by atoms with Crippen LogP contribution in [0, 0.1) is 0 Å². The van der Waals surface area contributed by atoms with E-state index in [1.165, 1.54) is 0 Å². The van der Waals surface area contributed by atoms with E-state index in [0.717, 1.165) is 5.76 Å². The quantitative estimate of drug-likeness (QED) is 0.846. The maximum atomic E-state index is 12.1. The van der Waals surface area contributed by atoms with Gasteiger partial charge in [0.25, 0.3) is 5.91 Å². The van der Waals surface area contributed by atoms with E-state index < -0.39 is 0 Å². The lowest BCUT2D eigenvalue weighted by Gasteiger charge is -2.18. The summed E-state index contributed by atoms with van der Waals surface area (Å²) in [4.78, 5) is 16.7. The molecule has 0 aliphatic carbocycles. The van der Waals surface area contributed by atoms with Crippen molar-refractivity contribution in [3.05, 3.63) is 42.1 Å². The molecule has 90 valence electrons. The first-order valence-electron chi connectivity index (χ1n) is 5.46. The van der Waals surface area contributed by atoms with Gasteiger partial charge < -0.3 is 20.0 Å². The molecular formula is C12H15N3O2. The van der Waals surface area contributed by atoms with E-state index in [1.54, 1.807) is 29.5 Å². The van der Waals surface area contributed by atoms with Gasteiger partial charge in [0.05, 0.1) is 12.8 Å². The van der Waals surface area contributed by atoms with E-state index in [0.29, 0.717) is 24.5 Å². The molecule has 2 aromatic rings. The fraction of sp³-hybridized carbons (Fsp3) is 0.250. The van der Waals surface area contributed by atoms with Crippen LogP contribution in [-0.4, -0.2) is 22.3 Å². The van der Waals surface area contributed by atoms with Crippen molar-refractivity contribution in [2.75, 3.05) is 12.3 Å². The molecule has 17 heavy (non-hydrogen) atoms. The van der Waals surface area contributed by atoms with Crippen molar-refractivity contribution < 1.29 is 9.21 Å². The minimum absolute atomic E-state index is 0.0828. The largest absolute Gasteiger partial charge is 0.467 e. The Kier molecular flexibility index (Phi) is 3.18. The first kappa shape index (κ1) is 11.3. The van der Waals surface area contributed by atoms with Crippen LogP contribution in [0.25, 0.3) is 0 Å². The molecule has 2 heterocycles. The van der Waals surface area contributed by atoms with Crippen LogP contribution in [-0.2, 0) is 6.54 Å². The summed E-state index contributed by atoms with van der Waals surface area (Å²) < 4.78 is 5.23. The van der Waals surface area contributed by atoms with Gasteiger partial charge in [-0.05, 0) is 25.1 Å². The number of H-pyrrole nitrogens is 1. The number of nitrogen functional groups attached to an aromatic ring is 1. The molecule has 1 amide bonds. The molecule has 3 N–H and O–H groups in total. The maximum absolute atomic E-state index is 12.1. The van der Waals surface area contributed by atoms with Gasteiger partial charge in [-0.25, -0.2) is 0 Å². The molecule has 0 unspecified atom stereocenters. The van der Waals surface area contributed by atoms with Gasteiger partial charge >= 0.3 is 0 Å². The molecule has 0 aromatic carbocycles. The number of rotatable bonds is 4. The molecular weight excluding hydrogens is 218 g/mol. The lowest BCUT2D eigenvalue weighted by atomic mass is 10.3. The third-order valence-corrected chi connectivity index (χ3v) is 2.53. The van der Waals surface area contributed by atoms with Crippen LogP contribution in [0.15, 0.2) is 35.1 Å². The fourth-order valence-electron chi connectivity index (χ4n) is 1.62. The number of furan rings is 1. The van der Waals surface area contributed by atoms with Crippen molar-refractivity contribution >= 4 is 11.6 Å². The van der Waals surface area contributed by atoms with Crippen LogP contribution in [0.4, 0.5) is 5.69 Å². The molecule has 0 spiro atoms. The Morgan fingerprint density at radius 1 is 1.59 bits per heavy atom. The second kappa shape index (κ2) is 4.78. The normalized spacial score (nSPS) is 10.4. The number of carbonyl (C=O) groups excluding carboxylic acids is 1. The molecule has 0 aliphatic rings. The number of hydrogen-bond donors (Lipinski definition) is 2. The zero-order valence-corrected chi connectivity index (χ0v) is 9.64. The zero-order valence-electron chi connectivity index (χ0n) is 9.64. The summed E-state index contributed by atoms with van der Waals surface area (Å²) in [5.74, 6) is 0.681. The predicted molar refractivity (Wildman–Crippen MR) is 64.3 cm³/mol. The Bertz CT molecular complexity index is 488. The van der Waals surface area contributed by atoms with E-state index in [-0.39, 0.29) is 5.91 Å². The molecule has 0 radical (unpaired) electrons. The van der Waals surface area contributed by atoms with Gasteiger partial charge in [-0.2, -0.15) is 0 Å². The third-order valence-electron chi connectivity index (χ3n) is 2.53. The number of nitrogens with one attached hydrogen (secondary N) is 1. The van der Waals surface area contributed by atoms with Gasteiger partial charge in [-0.3, -0.25) is 4.79 Å². The van der Waals surface area contributed by atoms with Crippen LogP contribution in [0.1, 0.15) is 23.2 Å². The summed E-state index contributed by atoms with van der Waals surface area (Å²) in [5.41, 5.74) is 6.63. The number of nitrogens with two attached hydrogens (primary N) is 1. The Hall–Kier alpha value is -2.17. The topological polar surface area (TPSA) is 75.3 Å². The number of aromatic nitrogens is 1. The molecule has 0 bridgehead atoms. The standard InChI is InChI=1S/C12H15N3O2/c1-2-15(8-10-4-3-5-17-10)12(16)11-6-9(13)7-14-11/h3-7,14H,2,8,13H2,1H3. The number of nitrogens with zero attached hydrogens (tertiary/aromatic N) is 1. The summed E-state index contributed by atoms with van der Waals surface area (Å²) in [6.07, 6.45) is 3.20. The van der Waals surface area contributed by atoms with Gasteiger partial charge in [-0.15, -0.1) is 0 Å². The van der Waals surface area contributed by atoms with Crippen LogP contribution < -0.4 is 5.73 Å². The molecule has 0 saturated carbocycles. The highest BCUT2D eigenvalue weighted by molar-refractivity contribution is 5.93. The number of hydrogen-bond acceptors (Lipinski definition) is 3. The van der Waals surface area contributed by atoms with Crippen molar-refractivity contribution in [1.82, 2.24) is 9.88 Å². The Morgan fingerprint density at radius 2 is 2.41 bits per heavy atom. The molecule has 5 heteroatoms. The Labute approximate surface area is 99.2 Å². The molecule has 0 aliphatic heterocycles. The Morgan fingerprint density at radius 3 is 2.94 bits per heavy atom. The fourth-order valence-corrected chi connectivity index (χ4v) is 1.62. The second-order valence-electron chi connectivity index (χ2n) is 3.75. The van der Waals surface area contributed by atoms with Crippen molar-refractivity contribution in [1.29, 1.82) is 0 Å². The van der Waals surface area contributed by atoms with E-state index in [2.05, 4.69) is 4.98 Å². The van der Waals surface area contributed by atoms with Gasteiger partial charge in [0.2, 0.25) is 0 Å². The van der Waals surface area contributed by atoms with Crippen LogP contribution in [0.5, 0.6) is 0 Å². The van der Waals surface area contributed by atoms with Crippen molar-refractivity contribution in [3.63, 3.8) is 0 Å². The number of anilines is 1. The average molecular weight is 233 g/mol. The monoisotopic (exact) mass is 233 g/mol. The lowest BCUT2D eigenvalue weighted by molar-refractivity contribution is 0.0736. The number of amides is 1. The van der Waals surface area contributed by atoms with Gasteiger partial charge in [0.1, 0.15) is 11.5 Å². The molecule has 5 nitrogen and oxygen atoms in total. The summed E-state index contributed by atoms with van der Waals surface area (Å²) in [7, 11) is 0. The molecule has 0 atom stereocenters. The lowest BCUT2D eigenvalue weighted by Crippen LogP contribution is -2.30. The first-order chi connectivity index (χ1) is 8.20. The highest BCUT2D eigenvalue weighted by atomic mass is 16.3. The number of aromatic amines is 1. The summed E-state index contributed by atoms with van der Waals surface area (Å²) in [6.45, 7) is 2.99. The molecule has 0 saturated heterocycles. The van der Waals surface area contributed by atoms with Gasteiger partial charge in [-0.1, -0.05) is 0 Å². The van der Waals surface area contributed by atoms with Crippen LogP contribution in [0.3, 0.4) is 0 Å². The van der Waals surface area contributed by atoms with Gasteiger partial charge in [0, 0.05) is 18.4 Å². The molecule has 2 rings (SSSR count). The summed E-state index contributed by atoms with van der Waals surface area (Å²) in [5, 5.41) is 0. The highest BCUT2D eigenvalue weighted by Crippen LogP contribution is 2.11. The van der Waals surface area contributed by atoms with Crippen molar-refractivity contribution in [2.45, 2.75) is 13.5 Å². The zero-order chi connectivity index (χ0) is 12.3. The third kappa shape index (κ3) is 2.50. The van der Waals surface area contributed by atoms with Gasteiger partial charge in [0.15, 0.2) is 0 Å². The first-order valence-corrected chi connectivity index (χ1v) is 5.46. The maximum Gasteiger partial charge on any atom is 0.270 e. The van der Waals surface area contributed by atoms with E-state index >= 15 is 0 Å². The average Bonchev–Trinajstić information content (AvgIpc) is 2.96. The summed E-state index contributed by atoms with van der Waals surface area (Å²) in [6, 6.07) is 5.28. The highest BCUT2D eigenvalue weighted by Gasteiger charge is 2.16.